The van der Waals surface area contributed by atoms with Gasteiger partial charge in [-0.1, -0.05) is 0 Å². The first-order chi connectivity index (χ1) is 8.03. The third kappa shape index (κ3) is 2.44. The van der Waals surface area contributed by atoms with E-state index in [1.54, 1.807) is 11.8 Å². The van der Waals surface area contributed by atoms with E-state index in [1.165, 1.54) is 0 Å². The molecule has 0 aromatic carbocycles. The molecule has 1 amide bonds. The van der Waals surface area contributed by atoms with Gasteiger partial charge in [0.15, 0.2) is 0 Å². The third-order valence-electron chi connectivity index (χ3n) is 3.90. The smallest absolute Gasteiger partial charge is 0.309 e. The summed E-state index contributed by atoms with van der Waals surface area (Å²) < 4.78 is 5.36. The highest BCUT2D eigenvalue weighted by Gasteiger charge is 2.39. The number of hydrogen-bond donors (Lipinski definition) is 1. The number of hydrogen-bond acceptors (Lipinski definition) is 3. The fraction of sp³-hybridized carbons (Fsp3) is 0.833. The van der Waals surface area contributed by atoms with E-state index in [2.05, 4.69) is 0 Å². The van der Waals surface area contributed by atoms with Gasteiger partial charge in [0.05, 0.1) is 5.41 Å². The van der Waals surface area contributed by atoms with Crippen LogP contribution in [-0.4, -0.2) is 47.7 Å². The van der Waals surface area contributed by atoms with Crippen molar-refractivity contribution in [3.05, 3.63) is 0 Å². The maximum atomic E-state index is 12.0. The molecule has 0 unspecified atom stereocenters. The summed E-state index contributed by atoms with van der Waals surface area (Å²) in [5, 5.41) is 9.11. The van der Waals surface area contributed by atoms with Crippen molar-refractivity contribution in [2.75, 3.05) is 19.7 Å². The van der Waals surface area contributed by atoms with Crippen molar-refractivity contribution in [3.63, 3.8) is 0 Å². The van der Waals surface area contributed by atoms with Crippen LogP contribution >= 0.6 is 0 Å². The van der Waals surface area contributed by atoms with E-state index in [0.29, 0.717) is 32.5 Å². The lowest BCUT2D eigenvalue weighted by Gasteiger charge is -2.37. The van der Waals surface area contributed by atoms with Gasteiger partial charge in [-0.3, -0.25) is 9.59 Å². The molecule has 2 aliphatic heterocycles. The number of nitrogens with zero attached hydrogens (tertiary/aromatic N) is 1. The number of carboxylic acid groups (broad SMARTS) is 1. The molecule has 1 atom stereocenters. The summed E-state index contributed by atoms with van der Waals surface area (Å²) in [6, 6.07) is 0. The Labute approximate surface area is 101 Å². The Kier molecular flexibility index (Phi) is 3.38. The third-order valence-corrected chi connectivity index (χ3v) is 3.90. The Morgan fingerprint density at radius 1 is 1.35 bits per heavy atom. The van der Waals surface area contributed by atoms with Crippen LogP contribution in [0.15, 0.2) is 0 Å². The van der Waals surface area contributed by atoms with E-state index < -0.39 is 11.4 Å². The Hall–Kier alpha value is -1.10. The summed E-state index contributed by atoms with van der Waals surface area (Å²) in [6.45, 7) is 3.48. The molecule has 5 nitrogen and oxygen atoms in total. The zero-order valence-corrected chi connectivity index (χ0v) is 10.1. The van der Waals surface area contributed by atoms with E-state index in [4.69, 9.17) is 9.84 Å². The van der Waals surface area contributed by atoms with Crippen molar-refractivity contribution in [2.24, 2.45) is 5.41 Å². The van der Waals surface area contributed by atoms with E-state index in [9.17, 15) is 9.59 Å². The fourth-order valence-corrected chi connectivity index (χ4v) is 2.41. The topological polar surface area (TPSA) is 66.8 Å². The minimum absolute atomic E-state index is 0.0370. The van der Waals surface area contributed by atoms with Crippen LogP contribution in [0.1, 0.15) is 32.6 Å². The highest BCUT2D eigenvalue weighted by atomic mass is 16.5. The largest absolute Gasteiger partial charge is 0.481 e. The molecule has 0 bridgehead atoms. The minimum Gasteiger partial charge on any atom is -0.481 e. The molecule has 96 valence electrons. The van der Waals surface area contributed by atoms with Crippen molar-refractivity contribution in [1.82, 2.24) is 4.90 Å². The molecular formula is C12H19NO4. The lowest BCUT2D eigenvalue weighted by atomic mass is 9.80. The van der Waals surface area contributed by atoms with Crippen LogP contribution in [0.3, 0.4) is 0 Å². The number of piperidine rings is 1. The first-order valence-corrected chi connectivity index (χ1v) is 6.17. The van der Waals surface area contributed by atoms with Crippen LogP contribution in [-0.2, 0) is 14.3 Å². The SMILES string of the molecule is CC1(C(=O)O)CCN(C(=O)[C@H]2CCCO2)CC1. The molecular weight excluding hydrogens is 222 g/mol. The molecule has 2 saturated heterocycles. The number of ether oxygens (including phenoxy) is 1. The number of aliphatic carboxylic acids is 1. The molecule has 2 fully saturated rings. The second-order valence-electron chi connectivity index (χ2n) is 5.19. The summed E-state index contributed by atoms with van der Waals surface area (Å²) in [6.07, 6.45) is 2.51. The molecule has 2 rings (SSSR count). The summed E-state index contributed by atoms with van der Waals surface area (Å²) in [5.74, 6) is -0.725. The predicted molar refractivity (Wildman–Crippen MR) is 60.5 cm³/mol. The molecule has 5 heteroatoms. The minimum atomic E-state index is -0.762. The van der Waals surface area contributed by atoms with Crippen LogP contribution in [0.4, 0.5) is 0 Å². The number of amides is 1. The number of carbonyl (C=O) groups is 2. The molecule has 0 saturated carbocycles. The maximum Gasteiger partial charge on any atom is 0.309 e. The Bertz CT molecular complexity index is 314. The van der Waals surface area contributed by atoms with Gasteiger partial charge in [0.2, 0.25) is 0 Å². The molecule has 0 aromatic rings. The van der Waals surface area contributed by atoms with Crippen LogP contribution in [0.5, 0.6) is 0 Å². The Balaban J connectivity index is 1.90. The molecule has 0 aromatic heterocycles. The fourth-order valence-electron chi connectivity index (χ4n) is 2.41. The first-order valence-electron chi connectivity index (χ1n) is 6.17. The van der Waals surface area contributed by atoms with Crippen LogP contribution in [0.2, 0.25) is 0 Å². The van der Waals surface area contributed by atoms with Crippen molar-refractivity contribution in [2.45, 2.75) is 38.7 Å². The predicted octanol–water partition coefficient (Wildman–Crippen LogP) is 0.879. The lowest BCUT2D eigenvalue weighted by Crippen LogP contribution is -2.48. The molecule has 0 spiro atoms. The molecule has 2 aliphatic rings. The molecule has 0 radical (unpaired) electrons. The average Bonchev–Trinajstić information content (AvgIpc) is 2.82. The van der Waals surface area contributed by atoms with Crippen molar-refractivity contribution < 1.29 is 19.4 Å². The van der Waals surface area contributed by atoms with Crippen molar-refractivity contribution in [1.29, 1.82) is 0 Å². The summed E-state index contributed by atoms with van der Waals surface area (Å²) >= 11 is 0. The second-order valence-corrected chi connectivity index (χ2v) is 5.19. The van der Waals surface area contributed by atoms with Gasteiger partial charge in [-0.05, 0) is 32.6 Å². The van der Waals surface area contributed by atoms with E-state index >= 15 is 0 Å². The number of carboxylic acids is 1. The summed E-state index contributed by atoms with van der Waals surface area (Å²) in [5.41, 5.74) is -0.673. The van der Waals surface area contributed by atoms with E-state index in [0.717, 1.165) is 12.8 Å². The van der Waals surface area contributed by atoms with Crippen molar-refractivity contribution in [3.8, 4) is 0 Å². The highest BCUT2D eigenvalue weighted by molar-refractivity contribution is 5.82. The zero-order valence-electron chi connectivity index (χ0n) is 10.1. The van der Waals surface area contributed by atoms with Crippen LogP contribution in [0.25, 0.3) is 0 Å². The monoisotopic (exact) mass is 241 g/mol. The van der Waals surface area contributed by atoms with E-state index in [-0.39, 0.29) is 12.0 Å². The zero-order chi connectivity index (χ0) is 12.5. The maximum absolute atomic E-state index is 12.0. The van der Waals surface area contributed by atoms with E-state index in [1.807, 2.05) is 0 Å². The number of carbonyl (C=O) groups excluding carboxylic acids is 1. The van der Waals surface area contributed by atoms with Gasteiger partial charge < -0.3 is 14.7 Å². The first kappa shape index (κ1) is 12.4. The highest BCUT2D eigenvalue weighted by Crippen LogP contribution is 2.31. The quantitative estimate of drug-likeness (QED) is 0.779. The van der Waals surface area contributed by atoms with Crippen LogP contribution in [0, 0.1) is 5.41 Å². The van der Waals surface area contributed by atoms with Crippen molar-refractivity contribution >= 4 is 11.9 Å². The normalized spacial score (nSPS) is 28.1. The van der Waals surface area contributed by atoms with Crippen LogP contribution < -0.4 is 0 Å². The molecule has 0 aliphatic carbocycles. The standard InChI is InChI=1S/C12H19NO4/c1-12(11(15)16)4-6-13(7-5-12)10(14)9-3-2-8-17-9/h9H,2-8H2,1H3,(H,15,16)/t9-/m1/s1. The molecule has 17 heavy (non-hydrogen) atoms. The van der Waals surface area contributed by atoms with Gasteiger partial charge >= 0.3 is 5.97 Å². The number of likely N-dealkylation sites (tertiary alicyclic amines) is 1. The van der Waals surface area contributed by atoms with Gasteiger partial charge in [0.25, 0.3) is 5.91 Å². The Morgan fingerprint density at radius 3 is 2.47 bits per heavy atom. The summed E-state index contributed by atoms with van der Waals surface area (Å²) in [4.78, 5) is 24.9. The lowest BCUT2D eigenvalue weighted by molar-refractivity contribution is -0.155. The van der Waals surface area contributed by atoms with Gasteiger partial charge in [-0.2, -0.15) is 0 Å². The number of rotatable bonds is 2. The van der Waals surface area contributed by atoms with Gasteiger partial charge in [-0.25, -0.2) is 0 Å². The van der Waals surface area contributed by atoms with Gasteiger partial charge in [0.1, 0.15) is 6.10 Å². The summed E-state index contributed by atoms with van der Waals surface area (Å²) in [7, 11) is 0. The Morgan fingerprint density at radius 2 is 2.00 bits per heavy atom. The molecule has 2 heterocycles. The van der Waals surface area contributed by atoms with Gasteiger partial charge in [-0.15, -0.1) is 0 Å². The average molecular weight is 241 g/mol. The van der Waals surface area contributed by atoms with Gasteiger partial charge in [0, 0.05) is 19.7 Å². The second kappa shape index (κ2) is 4.64. The molecule has 1 N–H and O–H groups in total.